The van der Waals surface area contributed by atoms with Crippen LogP contribution in [0.25, 0.3) is 0 Å². The molecule has 0 atom stereocenters. The molecule has 2 rings (SSSR count). The molecule has 4 heteroatoms. The molecule has 1 N–H and O–H groups in total. The fourth-order valence-corrected chi connectivity index (χ4v) is 2.76. The van der Waals surface area contributed by atoms with Crippen molar-refractivity contribution in [2.75, 3.05) is 14.1 Å². The van der Waals surface area contributed by atoms with E-state index < -0.39 is 5.54 Å². The van der Waals surface area contributed by atoms with Crippen molar-refractivity contribution >= 4 is 11.7 Å². The average Bonchev–Trinajstić information content (AvgIpc) is 2.48. The van der Waals surface area contributed by atoms with Crippen LogP contribution in [0.15, 0.2) is 11.8 Å². The molecule has 0 unspecified atom stereocenters. The van der Waals surface area contributed by atoms with Gasteiger partial charge in [-0.25, -0.2) is 0 Å². The van der Waals surface area contributed by atoms with E-state index in [0.29, 0.717) is 5.57 Å². The molecular weight excluding hydrogens is 216 g/mol. The number of amides is 1. The molecule has 1 aliphatic carbocycles. The van der Waals surface area contributed by atoms with E-state index in [1.807, 2.05) is 14.1 Å². The lowest BCUT2D eigenvalue weighted by Gasteiger charge is -2.24. The van der Waals surface area contributed by atoms with Gasteiger partial charge in [0, 0.05) is 20.3 Å². The third kappa shape index (κ3) is 2.21. The number of carbonyl (C=O) groups excluding carboxylic acids is 2. The first-order valence-corrected chi connectivity index (χ1v) is 6.31. The molecule has 4 nitrogen and oxygen atoms in total. The molecular formula is C13H20N2O2. The van der Waals surface area contributed by atoms with Crippen LogP contribution in [-0.4, -0.2) is 36.2 Å². The third-order valence-corrected chi connectivity index (χ3v) is 3.62. The number of nitrogens with zero attached hydrogens (tertiary/aromatic N) is 1. The predicted molar refractivity (Wildman–Crippen MR) is 65.4 cm³/mol. The molecule has 1 heterocycles. The van der Waals surface area contributed by atoms with Gasteiger partial charge in [0.05, 0.1) is 0 Å². The highest BCUT2D eigenvalue weighted by Gasteiger charge is 2.48. The van der Waals surface area contributed by atoms with Gasteiger partial charge < -0.3 is 10.2 Å². The van der Waals surface area contributed by atoms with Crippen LogP contribution in [0.2, 0.25) is 0 Å². The smallest absolute Gasteiger partial charge is 0.257 e. The largest absolute Gasteiger partial charge is 0.383 e. The lowest BCUT2D eigenvalue weighted by molar-refractivity contribution is -0.120. The summed E-state index contributed by atoms with van der Waals surface area (Å²) in [6.07, 6.45) is 7.61. The molecule has 2 aliphatic rings. The van der Waals surface area contributed by atoms with Crippen LogP contribution in [0, 0.1) is 0 Å². The Labute approximate surface area is 102 Å². The normalized spacial score (nSPS) is 26.1. The molecule has 0 aromatic rings. The topological polar surface area (TPSA) is 49.4 Å². The van der Waals surface area contributed by atoms with Gasteiger partial charge in [0.1, 0.15) is 11.1 Å². The summed E-state index contributed by atoms with van der Waals surface area (Å²) >= 11 is 0. The Bertz CT molecular complexity index is 364. The number of hydrogen-bond acceptors (Lipinski definition) is 3. The quantitative estimate of drug-likeness (QED) is 0.550. The molecule has 17 heavy (non-hydrogen) atoms. The second-order valence-electron chi connectivity index (χ2n) is 5.29. The van der Waals surface area contributed by atoms with E-state index in [2.05, 4.69) is 5.32 Å². The van der Waals surface area contributed by atoms with Gasteiger partial charge in [-0.3, -0.25) is 9.59 Å². The zero-order valence-electron chi connectivity index (χ0n) is 10.6. The number of ketones is 1. The van der Waals surface area contributed by atoms with Crippen LogP contribution in [0.3, 0.4) is 0 Å². The van der Waals surface area contributed by atoms with Gasteiger partial charge in [-0.15, -0.1) is 0 Å². The molecule has 2 fully saturated rings. The zero-order chi connectivity index (χ0) is 12.5. The first kappa shape index (κ1) is 12.1. The van der Waals surface area contributed by atoms with Crippen molar-refractivity contribution < 1.29 is 9.59 Å². The van der Waals surface area contributed by atoms with Crippen LogP contribution >= 0.6 is 0 Å². The lowest BCUT2D eigenvalue weighted by Crippen LogP contribution is -2.45. The van der Waals surface area contributed by atoms with E-state index >= 15 is 0 Å². The van der Waals surface area contributed by atoms with Gasteiger partial charge in [0.15, 0.2) is 5.78 Å². The van der Waals surface area contributed by atoms with Crippen molar-refractivity contribution in [3.05, 3.63) is 11.8 Å². The Morgan fingerprint density at radius 2 is 1.71 bits per heavy atom. The van der Waals surface area contributed by atoms with Crippen LogP contribution in [0.1, 0.15) is 38.5 Å². The first-order chi connectivity index (χ1) is 8.05. The SMILES string of the molecule is CN(C)C=C1C(=O)NC2(CCCCCC2)C1=O. The molecule has 0 bridgehead atoms. The molecule has 1 aliphatic heterocycles. The van der Waals surface area contributed by atoms with E-state index in [1.165, 1.54) is 0 Å². The van der Waals surface area contributed by atoms with Crippen LogP contribution < -0.4 is 5.32 Å². The van der Waals surface area contributed by atoms with Crippen LogP contribution in [0.4, 0.5) is 0 Å². The number of hydrogen-bond donors (Lipinski definition) is 1. The summed E-state index contributed by atoms with van der Waals surface area (Å²) in [5.74, 6) is -0.205. The van der Waals surface area contributed by atoms with Crippen LogP contribution in [-0.2, 0) is 9.59 Å². The van der Waals surface area contributed by atoms with Crippen molar-refractivity contribution in [2.45, 2.75) is 44.1 Å². The number of rotatable bonds is 1. The fraction of sp³-hybridized carbons (Fsp3) is 0.692. The second kappa shape index (κ2) is 4.51. The van der Waals surface area contributed by atoms with E-state index in [-0.39, 0.29) is 11.7 Å². The minimum Gasteiger partial charge on any atom is -0.383 e. The van der Waals surface area contributed by atoms with Gasteiger partial charge in [-0.05, 0) is 12.8 Å². The Morgan fingerprint density at radius 1 is 1.12 bits per heavy atom. The number of carbonyl (C=O) groups is 2. The van der Waals surface area contributed by atoms with Crippen molar-refractivity contribution in [1.29, 1.82) is 0 Å². The Kier molecular flexibility index (Phi) is 3.22. The molecule has 1 saturated carbocycles. The maximum absolute atomic E-state index is 12.4. The summed E-state index contributed by atoms with van der Waals surface area (Å²) in [6, 6.07) is 0. The minimum absolute atomic E-state index is 0.00176. The van der Waals surface area contributed by atoms with E-state index in [1.54, 1.807) is 11.1 Å². The van der Waals surface area contributed by atoms with Crippen molar-refractivity contribution in [3.8, 4) is 0 Å². The maximum Gasteiger partial charge on any atom is 0.257 e. The van der Waals surface area contributed by atoms with Gasteiger partial charge >= 0.3 is 0 Å². The van der Waals surface area contributed by atoms with E-state index in [9.17, 15) is 9.59 Å². The second-order valence-corrected chi connectivity index (χ2v) is 5.29. The van der Waals surface area contributed by atoms with E-state index in [0.717, 1.165) is 38.5 Å². The summed E-state index contributed by atoms with van der Waals surface area (Å²) in [7, 11) is 3.65. The highest BCUT2D eigenvalue weighted by atomic mass is 16.2. The van der Waals surface area contributed by atoms with Crippen molar-refractivity contribution in [3.63, 3.8) is 0 Å². The lowest BCUT2D eigenvalue weighted by atomic mass is 9.86. The molecule has 1 amide bonds. The first-order valence-electron chi connectivity index (χ1n) is 6.31. The van der Waals surface area contributed by atoms with Gasteiger partial charge in [-0.2, -0.15) is 0 Å². The third-order valence-electron chi connectivity index (χ3n) is 3.62. The molecule has 1 saturated heterocycles. The van der Waals surface area contributed by atoms with Gasteiger partial charge in [0.2, 0.25) is 0 Å². The highest BCUT2D eigenvalue weighted by Crippen LogP contribution is 2.34. The predicted octanol–water partition coefficient (Wildman–Crippen LogP) is 1.22. The monoisotopic (exact) mass is 236 g/mol. The Morgan fingerprint density at radius 3 is 2.24 bits per heavy atom. The molecule has 0 radical (unpaired) electrons. The number of nitrogens with one attached hydrogen (secondary N) is 1. The minimum atomic E-state index is -0.588. The number of Topliss-reactive ketones (excluding diaryl/α,β-unsaturated/α-hetero) is 1. The van der Waals surface area contributed by atoms with Gasteiger partial charge in [-0.1, -0.05) is 25.7 Å². The maximum atomic E-state index is 12.4. The summed E-state index contributed by atoms with van der Waals surface area (Å²) in [5, 5.41) is 2.93. The van der Waals surface area contributed by atoms with Gasteiger partial charge in [0.25, 0.3) is 5.91 Å². The zero-order valence-corrected chi connectivity index (χ0v) is 10.6. The Balaban J connectivity index is 2.27. The molecule has 94 valence electrons. The summed E-state index contributed by atoms with van der Waals surface area (Å²) < 4.78 is 0. The summed E-state index contributed by atoms with van der Waals surface area (Å²) in [5.41, 5.74) is -0.271. The van der Waals surface area contributed by atoms with Crippen molar-refractivity contribution in [2.24, 2.45) is 0 Å². The summed E-state index contributed by atoms with van der Waals surface area (Å²) in [6.45, 7) is 0. The molecule has 0 aromatic carbocycles. The molecule has 0 aromatic heterocycles. The summed E-state index contributed by atoms with van der Waals surface area (Å²) in [4.78, 5) is 26.0. The van der Waals surface area contributed by atoms with Crippen LogP contribution in [0.5, 0.6) is 0 Å². The standard InChI is InChI=1S/C13H20N2O2/c1-15(2)9-10-11(16)13(14-12(10)17)7-5-3-4-6-8-13/h9H,3-8H2,1-2H3,(H,14,17). The highest BCUT2D eigenvalue weighted by molar-refractivity contribution is 6.28. The molecule has 1 spiro atoms. The average molecular weight is 236 g/mol. The van der Waals surface area contributed by atoms with Crippen molar-refractivity contribution in [1.82, 2.24) is 10.2 Å². The van der Waals surface area contributed by atoms with E-state index in [4.69, 9.17) is 0 Å². The Hall–Kier alpha value is -1.32. The fourth-order valence-electron chi connectivity index (χ4n) is 2.76.